The number of guanidine groups is 1. The molecule has 152 valence electrons. The van der Waals surface area contributed by atoms with Crippen LogP contribution in [-0.4, -0.2) is 51.0 Å². The summed E-state index contributed by atoms with van der Waals surface area (Å²) in [6.45, 7) is 4.08. The maximum atomic E-state index is 12.1. The van der Waals surface area contributed by atoms with Gasteiger partial charge in [0.1, 0.15) is 0 Å². The molecule has 0 radical (unpaired) electrons. The summed E-state index contributed by atoms with van der Waals surface area (Å²) >= 11 is 0. The number of nitrogens with zero attached hydrogens (tertiary/aromatic N) is 2. The molecule has 0 saturated heterocycles. The van der Waals surface area contributed by atoms with Crippen LogP contribution in [0.1, 0.15) is 54.9 Å². The lowest BCUT2D eigenvalue weighted by Crippen LogP contribution is -2.43. The number of hydrogen-bond acceptors (Lipinski definition) is 2. The fourth-order valence-corrected chi connectivity index (χ4v) is 3.72. The highest BCUT2D eigenvalue weighted by molar-refractivity contribution is 14.0. The molecule has 0 spiro atoms. The van der Waals surface area contributed by atoms with E-state index in [2.05, 4.69) is 28.6 Å². The first-order valence-corrected chi connectivity index (χ1v) is 9.75. The van der Waals surface area contributed by atoms with Crippen molar-refractivity contribution in [3.63, 3.8) is 0 Å². The fraction of sp³-hybridized carbons (Fsp3) is 0.619. The van der Waals surface area contributed by atoms with E-state index in [1.165, 1.54) is 32.1 Å². The molecule has 1 aliphatic carbocycles. The van der Waals surface area contributed by atoms with Gasteiger partial charge in [0.2, 0.25) is 0 Å². The molecule has 0 aliphatic heterocycles. The summed E-state index contributed by atoms with van der Waals surface area (Å²) < 4.78 is 0. The van der Waals surface area contributed by atoms with E-state index >= 15 is 0 Å². The van der Waals surface area contributed by atoms with Gasteiger partial charge in [-0.15, -0.1) is 24.0 Å². The molecule has 1 aliphatic rings. The van der Waals surface area contributed by atoms with Gasteiger partial charge in [0.15, 0.2) is 5.96 Å². The van der Waals surface area contributed by atoms with Crippen molar-refractivity contribution in [1.82, 2.24) is 15.5 Å². The third kappa shape index (κ3) is 6.97. The summed E-state index contributed by atoms with van der Waals surface area (Å²) in [5.41, 5.74) is 2.33. The van der Waals surface area contributed by atoms with Crippen molar-refractivity contribution in [1.29, 1.82) is 0 Å². The van der Waals surface area contributed by atoms with E-state index in [0.29, 0.717) is 5.41 Å². The summed E-state index contributed by atoms with van der Waals surface area (Å²) in [5, 5.41) is 6.91. The molecule has 1 aromatic rings. The van der Waals surface area contributed by atoms with Gasteiger partial charge < -0.3 is 15.5 Å². The van der Waals surface area contributed by atoms with Crippen molar-refractivity contribution >= 4 is 35.8 Å². The fourth-order valence-electron chi connectivity index (χ4n) is 3.72. The quantitative estimate of drug-likeness (QED) is 0.351. The van der Waals surface area contributed by atoms with E-state index < -0.39 is 0 Å². The Morgan fingerprint density at radius 2 is 1.93 bits per heavy atom. The van der Waals surface area contributed by atoms with Gasteiger partial charge in [-0.1, -0.05) is 31.9 Å². The van der Waals surface area contributed by atoms with Crippen molar-refractivity contribution in [3.8, 4) is 0 Å². The summed E-state index contributed by atoms with van der Waals surface area (Å²) in [6, 6.07) is 7.86. The Hall–Kier alpha value is -1.31. The van der Waals surface area contributed by atoms with E-state index in [-0.39, 0.29) is 29.9 Å². The zero-order valence-corrected chi connectivity index (χ0v) is 19.5. The second-order valence-corrected chi connectivity index (χ2v) is 7.56. The van der Waals surface area contributed by atoms with E-state index in [9.17, 15) is 4.79 Å². The van der Waals surface area contributed by atoms with Gasteiger partial charge in [0.25, 0.3) is 5.91 Å². The molecule has 0 bridgehead atoms. The predicted octanol–water partition coefficient (Wildman–Crippen LogP) is 3.68. The van der Waals surface area contributed by atoms with Crippen molar-refractivity contribution in [2.24, 2.45) is 10.4 Å². The Kier molecular flexibility index (Phi) is 10.1. The number of carbonyl (C=O) groups is 1. The maximum Gasteiger partial charge on any atom is 0.253 e. The zero-order chi connectivity index (χ0) is 19.0. The van der Waals surface area contributed by atoms with Crippen LogP contribution in [0.4, 0.5) is 0 Å². The number of halogens is 1. The number of benzene rings is 1. The van der Waals surface area contributed by atoms with E-state index in [1.54, 1.807) is 19.0 Å². The molecule has 0 unspecified atom stereocenters. The molecule has 1 saturated carbocycles. The third-order valence-corrected chi connectivity index (χ3v) is 5.55. The molecule has 1 amide bonds. The lowest BCUT2D eigenvalue weighted by molar-refractivity contribution is 0.0827. The Balaban J connectivity index is 0.00000364. The van der Waals surface area contributed by atoms with Gasteiger partial charge in [-0.05, 0) is 48.8 Å². The van der Waals surface area contributed by atoms with Gasteiger partial charge >= 0.3 is 0 Å². The molecule has 0 heterocycles. The molecule has 1 aromatic carbocycles. The zero-order valence-electron chi connectivity index (χ0n) is 17.2. The van der Waals surface area contributed by atoms with Crippen molar-refractivity contribution < 1.29 is 4.79 Å². The summed E-state index contributed by atoms with van der Waals surface area (Å²) in [4.78, 5) is 18.0. The minimum atomic E-state index is 0. The Bertz CT molecular complexity index is 624. The van der Waals surface area contributed by atoms with Crippen LogP contribution in [-0.2, 0) is 6.42 Å². The molecular formula is C21H35IN4O. The second kappa shape index (κ2) is 11.5. The first-order chi connectivity index (χ1) is 12.5. The Morgan fingerprint density at radius 3 is 2.52 bits per heavy atom. The maximum absolute atomic E-state index is 12.1. The average Bonchev–Trinajstić information content (AvgIpc) is 3.13. The molecule has 1 fully saturated rings. The molecule has 0 atom stereocenters. The Morgan fingerprint density at radius 1 is 1.22 bits per heavy atom. The average molecular weight is 486 g/mol. The summed E-state index contributed by atoms with van der Waals surface area (Å²) in [6.07, 6.45) is 7.42. The van der Waals surface area contributed by atoms with E-state index in [1.807, 2.05) is 25.2 Å². The van der Waals surface area contributed by atoms with Gasteiger partial charge in [0.05, 0.1) is 0 Å². The summed E-state index contributed by atoms with van der Waals surface area (Å²) in [7, 11) is 5.37. The highest BCUT2D eigenvalue weighted by Gasteiger charge is 2.31. The van der Waals surface area contributed by atoms with Crippen LogP contribution < -0.4 is 10.6 Å². The number of hydrogen-bond donors (Lipinski definition) is 2. The van der Waals surface area contributed by atoms with Crippen LogP contribution in [0.15, 0.2) is 29.3 Å². The SMILES string of the molecule is CCC1(CNC(=NC)NCCc2cccc(C(=O)N(C)C)c2)CCCC1.I. The minimum absolute atomic E-state index is 0. The molecule has 27 heavy (non-hydrogen) atoms. The van der Waals surface area contributed by atoms with Crippen molar-refractivity contribution in [2.45, 2.75) is 45.4 Å². The van der Waals surface area contributed by atoms with Gasteiger partial charge in [-0.2, -0.15) is 0 Å². The normalized spacial score (nSPS) is 15.8. The molecule has 6 heteroatoms. The number of nitrogens with one attached hydrogen (secondary N) is 2. The van der Waals surface area contributed by atoms with E-state index in [4.69, 9.17) is 0 Å². The monoisotopic (exact) mass is 486 g/mol. The lowest BCUT2D eigenvalue weighted by atomic mass is 9.83. The van der Waals surface area contributed by atoms with Gasteiger partial charge in [0, 0.05) is 39.8 Å². The van der Waals surface area contributed by atoms with Crippen LogP contribution in [0, 0.1) is 5.41 Å². The molecular weight excluding hydrogens is 451 g/mol. The third-order valence-electron chi connectivity index (χ3n) is 5.55. The van der Waals surface area contributed by atoms with Gasteiger partial charge in [-0.25, -0.2) is 0 Å². The number of aliphatic imine (C=N–C) groups is 1. The smallest absolute Gasteiger partial charge is 0.253 e. The highest BCUT2D eigenvalue weighted by Crippen LogP contribution is 2.40. The van der Waals surface area contributed by atoms with Crippen LogP contribution >= 0.6 is 24.0 Å². The molecule has 0 aromatic heterocycles. The highest BCUT2D eigenvalue weighted by atomic mass is 127. The summed E-state index contributed by atoms with van der Waals surface area (Å²) in [5.74, 6) is 0.906. The van der Waals surface area contributed by atoms with Crippen LogP contribution in [0.25, 0.3) is 0 Å². The standard InChI is InChI=1S/C21H34N4O.HI/c1-5-21(12-6-7-13-21)16-24-20(22-2)23-14-11-17-9-8-10-18(15-17)19(26)25(3)4;/h8-10,15H,5-7,11-14,16H2,1-4H3,(H2,22,23,24);1H. The molecule has 5 nitrogen and oxygen atoms in total. The van der Waals surface area contributed by atoms with Crippen molar-refractivity contribution in [3.05, 3.63) is 35.4 Å². The Labute approximate surface area is 181 Å². The number of amides is 1. The molecule has 2 N–H and O–H groups in total. The lowest BCUT2D eigenvalue weighted by Gasteiger charge is -2.28. The second-order valence-electron chi connectivity index (χ2n) is 7.56. The number of rotatable bonds is 7. The van der Waals surface area contributed by atoms with Gasteiger partial charge in [-0.3, -0.25) is 9.79 Å². The predicted molar refractivity (Wildman–Crippen MR) is 124 cm³/mol. The van der Waals surface area contributed by atoms with E-state index in [0.717, 1.165) is 36.6 Å². The largest absolute Gasteiger partial charge is 0.356 e. The van der Waals surface area contributed by atoms with Crippen molar-refractivity contribution in [2.75, 3.05) is 34.2 Å². The first-order valence-electron chi connectivity index (χ1n) is 9.75. The topological polar surface area (TPSA) is 56.7 Å². The van der Waals surface area contributed by atoms with Crippen LogP contribution in [0.2, 0.25) is 0 Å². The van der Waals surface area contributed by atoms with Crippen LogP contribution in [0.3, 0.4) is 0 Å². The van der Waals surface area contributed by atoms with Crippen LogP contribution in [0.5, 0.6) is 0 Å². The minimum Gasteiger partial charge on any atom is -0.356 e. The first kappa shape index (κ1) is 23.7. The molecule has 2 rings (SSSR count). The number of carbonyl (C=O) groups excluding carboxylic acids is 1.